The summed E-state index contributed by atoms with van der Waals surface area (Å²) in [6, 6.07) is 16.1. The number of carboxylic acids is 1. The van der Waals surface area contributed by atoms with Crippen LogP contribution in [-0.4, -0.2) is 34.0 Å². The Bertz CT molecular complexity index is 730. The van der Waals surface area contributed by atoms with Gasteiger partial charge in [-0.25, -0.2) is 0 Å². The number of nitro groups is 1. The average molecular weight is 326 g/mol. The van der Waals surface area contributed by atoms with E-state index in [0.29, 0.717) is 19.6 Å². The van der Waals surface area contributed by atoms with Gasteiger partial charge in [-0.15, -0.1) is 0 Å². The van der Waals surface area contributed by atoms with Crippen LogP contribution in [0.25, 0.3) is 0 Å². The Kier molecular flexibility index (Phi) is 4.57. The molecule has 0 aromatic heterocycles. The van der Waals surface area contributed by atoms with E-state index >= 15 is 0 Å². The molecular formula is C18H18N2O4. The summed E-state index contributed by atoms with van der Waals surface area (Å²) in [5, 5.41) is 20.3. The highest BCUT2D eigenvalue weighted by molar-refractivity contribution is 5.72. The molecule has 1 saturated heterocycles. The predicted octanol–water partition coefficient (Wildman–Crippen LogP) is 2.90. The first-order chi connectivity index (χ1) is 11.5. The number of aliphatic carboxylic acids is 1. The van der Waals surface area contributed by atoms with Crippen LogP contribution in [0.2, 0.25) is 0 Å². The minimum absolute atomic E-state index is 0.0183. The lowest BCUT2D eigenvalue weighted by Gasteiger charge is -2.16. The molecule has 1 N–H and O–H groups in total. The number of carbonyl (C=O) groups is 1. The summed E-state index contributed by atoms with van der Waals surface area (Å²) in [6.07, 6.45) is 0. The van der Waals surface area contributed by atoms with E-state index in [1.165, 1.54) is 12.1 Å². The van der Waals surface area contributed by atoms with Crippen LogP contribution in [0.4, 0.5) is 5.69 Å². The number of likely N-dealkylation sites (tertiary alicyclic amines) is 1. The van der Waals surface area contributed by atoms with Crippen molar-refractivity contribution in [2.45, 2.75) is 12.5 Å². The third kappa shape index (κ3) is 3.44. The van der Waals surface area contributed by atoms with Crippen molar-refractivity contribution in [2.24, 2.45) is 5.92 Å². The van der Waals surface area contributed by atoms with Crippen molar-refractivity contribution in [3.63, 3.8) is 0 Å². The first-order valence-corrected chi connectivity index (χ1v) is 7.78. The van der Waals surface area contributed by atoms with Crippen LogP contribution in [0.5, 0.6) is 0 Å². The Balaban J connectivity index is 1.78. The summed E-state index contributed by atoms with van der Waals surface area (Å²) in [5.41, 5.74) is 2.00. The topological polar surface area (TPSA) is 83.7 Å². The fraction of sp³-hybridized carbons (Fsp3) is 0.278. The number of rotatable bonds is 5. The Morgan fingerprint density at radius 1 is 1.12 bits per heavy atom. The van der Waals surface area contributed by atoms with Gasteiger partial charge in [0.15, 0.2) is 0 Å². The van der Waals surface area contributed by atoms with E-state index in [1.54, 1.807) is 12.1 Å². The number of benzene rings is 2. The molecular weight excluding hydrogens is 308 g/mol. The molecule has 2 unspecified atom stereocenters. The van der Waals surface area contributed by atoms with E-state index < -0.39 is 16.8 Å². The van der Waals surface area contributed by atoms with Gasteiger partial charge in [0.05, 0.1) is 10.8 Å². The second-order valence-electron chi connectivity index (χ2n) is 6.08. The molecule has 2 atom stereocenters. The molecule has 3 rings (SSSR count). The molecule has 24 heavy (non-hydrogen) atoms. The molecule has 1 aliphatic rings. The molecule has 0 saturated carbocycles. The van der Waals surface area contributed by atoms with Gasteiger partial charge < -0.3 is 5.11 Å². The van der Waals surface area contributed by atoms with Crippen molar-refractivity contribution in [2.75, 3.05) is 13.1 Å². The molecule has 0 amide bonds. The zero-order valence-corrected chi connectivity index (χ0v) is 13.0. The minimum atomic E-state index is -0.825. The van der Waals surface area contributed by atoms with Crippen LogP contribution in [0.3, 0.4) is 0 Å². The van der Waals surface area contributed by atoms with Crippen molar-refractivity contribution in [1.82, 2.24) is 4.90 Å². The number of nitro benzene ring substituents is 1. The lowest BCUT2D eigenvalue weighted by Crippen LogP contribution is -2.23. The predicted molar refractivity (Wildman–Crippen MR) is 88.7 cm³/mol. The van der Waals surface area contributed by atoms with Gasteiger partial charge in [-0.3, -0.25) is 19.8 Å². The largest absolute Gasteiger partial charge is 0.481 e. The summed E-state index contributed by atoms with van der Waals surface area (Å²) in [4.78, 5) is 24.1. The molecule has 6 nitrogen and oxygen atoms in total. The van der Waals surface area contributed by atoms with Gasteiger partial charge in [0.2, 0.25) is 0 Å². The van der Waals surface area contributed by atoms with Crippen LogP contribution in [-0.2, 0) is 11.3 Å². The monoisotopic (exact) mass is 326 g/mol. The van der Waals surface area contributed by atoms with Crippen molar-refractivity contribution in [3.05, 3.63) is 75.8 Å². The Morgan fingerprint density at radius 3 is 2.38 bits per heavy atom. The number of carboxylic acid groups (broad SMARTS) is 1. The Morgan fingerprint density at radius 2 is 1.79 bits per heavy atom. The van der Waals surface area contributed by atoms with Crippen LogP contribution in [0.1, 0.15) is 17.0 Å². The first-order valence-electron chi connectivity index (χ1n) is 7.78. The smallest absolute Gasteiger partial charge is 0.308 e. The molecule has 1 fully saturated rings. The van der Waals surface area contributed by atoms with Gasteiger partial charge in [-0.1, -0.05) is 42.5 Å². The minimum Gasteiger partial charge on any atom is -0.481 e. The average Bonchev–Trinajstić information content (AvgIpc) is 3.00. The van der Waals surface area contributed by atoms with Gasteiger partial charge in [0, 0.05) is 37.7 Å². The van der Waals surface area contributed by atoms with Crippen LogP contribution < -0.4 is 0 Å². The molecule has 6 heteroatoms. The molecule has 0 radical (unpaired) electrons. The number of nitrogens with zero attached hydrogens (tertiary/aromatic N) is 2. The second kappa shape index (κ2) is 6.80. The quantitative estimate of drug-likeness (QED) is 0.674. The standard InChI is InChI=1S/C18H18N2O4/c21-18(22)17-12-19(10-13-4-2-1-3-5-13)11-16(17)14-6-8-15(9-7-14)20(23)24/h1-9,16-17H,10-12H2,(H,21,22). The van der Waals surface area contributed by atoms with E-state index in [9.17, 15) is 20.0 Å². The maximum Gasteiger partial charge on any atom is 0.308 e. The molecule has 0 bridgehead atoms. The molecule has 2 aromatic carbocycles. The SMILES string of the molecule is O=C(O)C1CN(Cc2ccccc2)CC1c1ccc([N+](=O)[O-])cc1. The first kappa shape index (κ1) is 16.1. The third-order valence-corrected chi connectivity index (χ3v) is 4.49. The summed E-state index contributed by atoms with van der Waals surface area (Å²) in [7, 11) is 0. The zero-order valence-electron chi connectivity index (χ0n) is 13.0. The molecule has 0 aliphatic carbocycles. The molecule has 1 aliphatic heterocycles. The van der Waals surface area contributed by atoms with E-state index in [0.717, 1.165) is 11.1 Å². The van der Waals surface area contributed by atoms with Crippen LogP contribution in [0, 0.1) is 16.0 Å². The highest BCUT2D eigenvalue weighted by Crippen LogP contribution is 2.34. The fourth-order valence-electron chi connectivity index (χ4n) is 3.29. The van der Waals surface area contributed by atoms with Gasteiger partial charge in [0.25, 0.3) is 5.69 Å². The Hall–Kier alpha value is -2.73. The lowest BCUT2D eigenvalue weighted by atomic mass is 9.89. The summed E-state index contributed by atoms with van der Waals surface area (Å²) >= 11 is 0. The molecule has 0 spiro atoms. The van der Waals surface area contributed by atoms with E-state index in [2.05, 4.69) is 4.90 Å². The highest BCUT2D eigenvalue weighted by atomic mass is 16.6. The number of non-ortho nitro benzene ring substituents is 1. The number of hydrogen-bond acceptors (Lipinski definition) is 4. The van der Waals surface area contributed by atoms with Crippen LogP contribution in [0.15, 0.2) is 54.6 Å². The molecule has 1 heterocycles. The highest BCUT2D eigenvalue weighted by Gasteiger charge is 2.38. The molecule has 124 valence electrons. The number of hydrogen-bond donors (Lipinski definition) is 1. The van der Waals surface area contributed by atoms with E-state index in [4.69, 9.17) is 0 Å². The van der Waals surface area contributed by atoms with Gasteiger partial charge in [-0.2, -0.15) is 0 Å². The third-order valence-electron chi connectivity index (χ3n) is 4.49. The molecule has 2 aromatic rings. The summed E-state index contributed by atoms with van der Waals surface area (Å²) < 4.78 is 0. The van der Waals surface area contributed by atoms with Crippen molar-refractivity contribution >= 4 is 11.7 Å². The summed E-state index contributed by atoms with van der Waals surface area (Å²) in [5.74, 6) is -1.49. The van der Waals surface area contributed by atoms with Crippen LogP contribution >= 0.6 is 0 Å². The van der Waals surface area contributed by atoms with E-state index in [1.807, 2.05) is 30.3 Å². The maximum atomic E-state index is 11.6. The van der Waals surface area contributed by atoms with Gasteiger partial charge in [0.1, 0.15) is 0 Å². The lowest BCUT2D eigenvalue weighted by molar-refractivity contribution is -0.384. The zero-order chi connectivity index (χ0) is 17.1. The van der Waals surface area contributed by atoms with Crippen molar-refractivity contribution in [3.8, 4) is 0 Å². The maximum absolute atomic E-state index is 11.6. The Labute approximate surface area is 139 Å². The van der Waals surface area contributed by atoms with E-state index in [-0.39, 0.29) is 11.6 Å². The van der Waals surface area contributed by atoms with Crippen molar-refractivity contribution in [1.29, 1.82) is 0 Å². The van der Waals surface area contributed by atoms with Gasteiger partial charge >= 0.3 is 5.97 Å². The normalized spacial score (nSPS) is 20.8. The van der Waals surface area contributed by atoms with Gasteiger partial charge in [-0.05, 0) is 11.1 Å². The second-order valence-corrected chi connectivity index (χ2v) is 6.08. The fourth-order valence-corrected chi connectivity index (χ4v) is 3.29. The van der Waals surface area contributed by atoms with Crippen molar-refractivity contribution < 1.29 is 14.8 Å². The summed E-state index contributed by atoms with van der Waals surface area (Å²) in [6.45, 7) is 1.81.